The van der Waals surface area contributed by atoms with Crippen LogP contribution in [0.3, 0.4) is 0 Å². The van der Waals surface area contributed by atoms with E-state index in [0.29, 0.717) is 11.6 Å². The van der Waals surface area contributed by atoms with Gasteiger partial charge < -0.3 is 4.74 Å². The van der Waals surface area contributed by atoms with Gasteiger partial charge >= 0.3 is 0 Å². The molecule has 2 aromatic rings. The molecule has 0 saturated heterocycles. The molecule has 20 heavy (non-hydrogen) atoms. The number of pyridine rings is 1. The monoisotopic (exact) mass is 285 g/mol. The summed E-state index contributed by atoms with van der Waals surface area (Å²) in [6.07, 6.45) is 4.02. The van der Waals surface area contributed by atoms with Crippen molar-refractivity contribution in [1.82, 2.24) is 4.98 Å². The highest BCUT2D eigenvalue weighted by atomic mass is 35.5. The van der Waals surface area contributed by atoms with Crippen LogP contribution < -0.4 is 4.74 Å². The number of aromatic nitrogens is 1. The first-order chi connectivity index (χ1) is 9.55. The summed E-state index contributed by atoms with van der Waals surface area (Å²) < 4.78 is 5.93. The number of benzene rings is 1. The van der Waals surface area contributed by atoms with E-state index in [4.69, 9.17) is 16.3 Å². The van der Waals surface area contributed by atoms with Crippen LogP contribution in [-0.2, 0) is 0 Å². The lowest BCUT2D eigenvalue weighted by Crippen LogP contribution is -2.17. The molecule has 0 amide bonds. The Hall–Kier alpha value is -1.80. The molecule has 2 nitrogen and oxygen atoms in total. The predicted octanol–water partition coefficient (Wildman–Crippen LogP) is 4.59. The molecule has 0 unspecified atom stereocenters. The zero-order chi connectivity index (χ0) is 14.2. The van der Waals surface area contributed by atoms with Crippen molar-refractivity contribution in [3.05, 3.63) is 65.0 Å². The number of fused-ring (bicyclic) bond motifs is 1. The van der Waals surface area contributed by atoms with Crippen molar-refractivity contribution in [2.45, 2.75) is 13.8 Å². The van der Waals surface area contributed by atoms with Crippen molar-refractivity contribution in [1.29, 1.82) is 0 Å². The number of rotatable bonds is 1. The molecule has 0 atom stereocenters. The van der Waals surface area contributed by atoms with Gasteiger partial charge in [0.15, 0.2) is 0 Å². The van der Waals surface area contributed by atoms with E-state index in [-0.39, 0.29) is 5.41 Å². The summed E-state index contributed by atoms with van der Waals surface area (Å²) in [5, 5.41) is 0.703. The molecule has 0 fully saturated rings. The van der Waals surface area contributed by atoms with E-state index in [0.717, 1.165) is 22.6 Å². The number of hydrogen-bond acceptors (Lipinski definition) is 2. The minimum Gasteiger partial charge on any atom is -0.492 e. The van der Waals surface area contributed by atoms with Crippen molar-refractivity contribution in [2.75, 3.05) is 6.61 Å². The molecule has 3 rings (SSSR count). The average molecular weight is 286 g/mol. The number of ether oxygens (including phenoxy) is 1. The first-order valence-electron chi connectivity index (χ1n) is 6.62. The van der Waals surface area contributed by atoms with Crippen LogP contribution in [0.2, 0.25) is 5.02 Å². The van der Waals surface area contributed by atoms with Crippen molar-refractivity contribution in [3.8, 4) is 5.75 Å². The number of halogens is 1. The summed E-state index contributed by atoms with van der Waals surface area (Å²) in [6, 6.07) is 11.6. The quantitative estimate of drug-likeness (QED) is 0.765. The summed E-state index contributed by atoms with van der Waals surface area (Å²) in [4.78, 5) is 4.47. The molecule has 0 radical (unpaired) electrons. The van der Waals surface area contributed by atoms with E-state index in [1.54, 1.807) is 6.20 Å². The van der Waals surface area contributed by atoms with Gasteiger partial charge in [-0.3, -0.25) is 4.98 Å². The van der Waals surface area contributed by atoms with Gasteiger partial charge in [0.05, 0.1) is 12.3 Å². The van der Waals surface area contributed by atoms with Crippen LogP contribution in [0.4, 0.5) is 0 Å². The molecule has 0 aliphatic carbocycles. The highest BCUT2D eigenvalue weighted by Crippen LogP contribution is 2.38. The average Bonchev–Trinajstić information content (AvgIpc) is 2.57. The fourth-order valence-electron chi connectivity index (χ4n) is 2.35. The maximum absolute atomic E-state index is 6.15. The topological polar surface area (TPSA) is 22.1 Å². The van der Waals surface area contributed by atoms with Crippen LogP contribution in [0.1, 0.15) is 25.1 Å². The molecule has 2 heterocycles. The molecule has 1 aromatic heterocycles. The summed E-state index contributed by atoms with van der Waals surface area (Å²) in [7, 11) is 0. The lowest BCUT2D eigenvalue weighted by atomic mass is 9.89. The second-order valence-corrected chi connectivity index (χ2v) is 6.13. The third kappa shape index (κ3) is 2.56. The maximum Gasteiger partial charge on any atom is 0.127 e. The Morgan fingerprint density at radius 2 is 2.05 bits per heavy atom. The smallest absolute Gasteiger partial charge is 0.127 e. The minimum atomic E-state index is -0.0572. The number of nitrogens with zero attached hydrogens (tertiary/aromatic N) is 1. The largest absolute Gasteiger partial charge is 0.492 e. The second kappa shape index (κ2) is 4.95. The Labute approximate surface area is 124 Å². The zero-order valence-electron chi connectivity index (χ0n) is 11.6. The Bertz CT molecular complexity index is 662. The highest BCUT2D eigenvalue weighted by Gasteiger charge is 2.25. The molecule has 0 N–H and O–H groups in total. The number of hydrogen-bond donors (Lipinski definition) is 0. The molecular formula is C17H16ClNO. The van der Waals surface area contributed by atoms with Crippen LogP contribution in [0, 0.1) is 5.41 Å². The van der Waals surface area contributed by atoms with Crippen LogP contribution in [0.15, 0.2) is 48.7 Å². The lowest BCUT2D eigenvalue weighted by molar-refractivity contribution is 0.225. The van der Waals surface area contributed by atoms with Crippen LogP contribution in [-0.4, -0.2) is 11.6 Å². The first-order valence-corrected chi connectivity index (χ1v) is 7.00. The minimum absolute atomic E-state index is 0.0572. The first kappa shape index (κ1) is 13.2. The Morgan fingerprint density at radius 1 is 1.20 bits per heavy atom. The fraction of sp³-hybridized carbons (Fsp3) is 0.235. The van der Waals surface area contributed by atoms with E-state index in [1.807, 2.05) is 36.4 Å². The SMILES string of the molecule is CC1(C)C=C(c2ccccn2)c2cc(Cl)ccc2OC1. The highest BCUT2D eigenvalue weighted by molar-refractivity contribution is 6.30. The molecular weight excluding hydrogens is 270 g/mol. The van der Waals surface area contributed by atoms with Crippen molar-refractivity contribution < 1.29 is 4.74 Å². The van der Waals surface area contributed by atoms with E-state index in [1.165, 1.54) is 0 Å². The van der Waals surface area contributed by atoms with Gasteiger partial charge in [-0.15, -0.1) is 0 Å². The molecule has 1 aliphatic rings. The normalized spacial score (nSPS) is 16.6. The van der Waals surface area contributed by atoms with E-state index in [2.05, 4.69) is 24.9 Å². The lowest BCUT2D eigenvalue weighted by Gasteiger charge is -2.18. The molecule has 1 aliphatic heterocycles. The third-order valence-electron chi connectivity index (χ3n) is 3.31. The second-order valence-electron chi connectivity index (χ2n) is 5.69. The molecule has 0 saturated carbocycles. The summed E-state index contributed by atoms with van der Waals surface area (Å²) in [6.45, 7) is 4.95. The van der Waals surface area contributed by atoms with Gasteiger partial charge in [0, 0.05) is 27.8 Å². The van der Waals surface area contributed by atoms with E-state index >= 15 is 0 Å². The molecule has 3 heteroatoms. The Morgan fingerprint density at radius 3 is 2.80 bits per heavy atom. The molecule has 102 valence electrons. The fourth-order valence-corrected chi connectivity index (χ4v) is 2.52. The maximum atomic E-state index is 6.15. The van der Waals surface area contributed by atoms with Crippen LogP contribution in [0.25, 0.3) is 5.57 Å². The predicted molar refractivity (Wildman–Crippen MR) is 82.0 cm³/mol. The van der Waals surface area contributed by atoms with Crippen molar-refractivity contribution >= 4 is 17.2 Å². The van der Waals surface area contributed by atoms with Crippen LogP contribution >= 0.6 is 11.6 Å². The van der Waals surface area contributed by atoms with Gasteiger partial charge in [-0.2, -0.15) is 0 Å². The van der Waals surface area contributed by atoms with E-state index in [9.17, 15) is 0 Å². The van der Waals surface area contributed by atoms with Gasteiger partial charge in [-0.05, 0) is 30.3 Å². The molecule has 0 bridgehead atoms. The van der Waals surface area contributed by atoms with Gasteiger partial charge in [0.2, 0.25) is 0 Å². The Balaban J connectivity index is 2.23. The zero-order valence-corrected chi connectivity index (χ0v) is 12.3. The summed E-state index contributed by atoms with van der Waals surface area (Å²) in [5.41, 5.74) is 2.96. The molecule has 0 spiro atoms. The van der Waals surface area contributed by atoms with Gasteiger partial charge in [-0.25, -0.2) is 0 Å². The summed E-state index contributed by atoms with van der Waals surface area (Å²) in [5.74, 6) is 0.858. The van der Waals surface area contributed by atoms with E-state index < -0.39 is 0 Å². The van der Waals surface area contributed by atoms with Crippen molar-refractivity contribution in [3.63, 3.8) is 0 Å². The van der Waals surface area contributed by atoms with Gasteiger partial charge in [0.25, 0.3) is 0 Å². The van der Waals surface area contributed by atoms with Gasteiger partial charge in [0.1, 0.15) is 5.75 Å². The van der Waals surface area contributed by atoms with Crippen molar-refractivity contribution in [2.24, 2.45) is 5.41 Å². The Kier molecular flexibility index (Phi) is 3.27. The van der Waals surface area contributed by atoms with Gasteiger partial charge in [-0.1, -0.05) is 37.6 Å². The summed E-state index contributed by atoms with van der Waals surface area (Å²) >= 11 is 6.15. The standard InChI is InChI=1S/C17H16ClNO/c1-17(2)10-14(15-5-3-4-8-19-15)13-9-12(18)6-7-16(13)20-11-17/h3-10H,11H2,1-2H3. The third-order valence-corrected chi connectivity index (χ3v) is 3.54. The van der Waals surface area contributed by atoms with Crippen LogP contribution in [0.5, 0.6) is 5.75 Å². The molecule has 1 aromatic carbocycles.